The van der Waals surface area contributed by atoms with Gasteiger partial charge in [0, 0.05) is 5.56 Å². The van der Waals surface area contributed by atoms with Gasteiger partial charge in [-0.1, -0.05) is 37.5 Å². The summed E-state index contributed by atoms with van der Waals surface area (Å²) in [5.74, 6) is -0.350. The Bertz CT molecular complexity index is 890. The second-order valence-electron chi connectivity index (χ2n) is 7.14. The van der Waals surface area contributed by atoms with Gasteiger partial charge in [0.2, 0.25) is 5.91 Å². The average Bonchev–Trinajstić information content (AvgIpc) is 2.67. The Morgan fingerprint density at radius 1 is 1.12 bits per heavy atom. The van der Waals surface area contributed by atoms with Crippen LogP contribution < -0.4 is 11.1 Å². The molecule has 1 saturated carbocycles. The molecule has 3 rings (SSSR count). The highest BCUT2D eigenvalue weighted by Crippen LogP contribution is 2.32. The summed E-state index contributed by atoms with van der Waals surface area (Å²) in [7, 11) is 0. The number of hydrogen-bond donors (Lipinski definition) is 2. The molecule has 3 N–H and O–H groups in total. The second kappa shape index (κ2) is 7.27. The molecule has 0 heterocycles. The number of carbonyl (C=O) groups is 2. The maximum Gasteiger partial charge on any atom is 0.237 e. The van der Waals surface area contributed by atoms with Gasteiger partial charge in [-0.2, -0.15) is 5.26 Å². The summed E-state index contributed by atoms with van der Waals surface area (Å²) in [5, 5.41) is 13.8. The fourth-order valence-electron chi connectivity index (χ4n) is 3.65. The van der Waals surface area contributed by atoms with Gasteiger partial charge >= 0.3 is 0 Å². The highest BCUT2D eigenvalue weighted by Gasteiger charge is 2.41. The van der Waals surface area contributed by atoms with E-state index in [0.717, 1.165) is 30.0 Å². The minimum Gasteiger partial charge on any atom is -0.342 e. The molecule has 0 aliphatic heterocycles. The van der Waals surface area contributed by atoms with Crippen LogP contribution in [0.2, 0.25) is 0 Å². The number of fused-ring (bicyclic) bond motifs is 1. The molecule has 0 spiro atoms. The van der Waals surface area contributed by atoms with Crippen molar-refractivity contribution in [2.45, 2.75) is 50.6 Å². The van der Waals surface area contributed by atoms with Crippen molar-refractivity contribution in [2.24, 2.45) is 5.73 Å². The maximum absolute atomic E-state index is 13.3. The van der Waals surface area contributed by atoms with Crippen LogP contribution in [0.3, 0.4) is 0 Å². The molecule has 1 fully saturated rings. The fraction of sp³-hybridized carbons (Fsp3) is 0.381. The summed E-state index contributed by atoms with van der Waals surface area (Å²) >= 11 is 0. The highest BCUT2D eigenvalue weighted by molar-refractivity contribution is 6.07. The molecule has 1 aliphatic carbocycles. The van der Waals surface area contributed by atoms with Gasteiger partial charge in [-0.3, -0.25) is 9.59 Å². The standard InChI is InChI=1S/C21H23N3O2/c1-14(23)20(26)24-21(9-3-2-4-10-21)19(25)18-8-7-16-11-15(13-22)5-6-17(16)12-18/h5-8,11-12,14H,2-4,9-10,23H2,1H3,(H,24,26)/t14-/m0/s1. The van der Waals surface area contributed by atoms with E-state index in [1.165, 1.54) is 0 Å². The average molecular weight is 349 g/mol. The molecule has 26 heavy (non-hydrogen) atoms. The van der Waals surface area contributed by atoms with Crippen molar-refractivity contribution >= 4 is 22.5 Å². The molecular formula is C21H23N3O2. The van der Waals surface area contributed by atoms with Crippen LogP contribution in [-0.2, 0) is 4.79 Å². The Kier molecular flexibility index (Phi) is 5.06. The van der Waals surface area contributed by atoms with E-state index in [2.05, 4.69) is 11.4 Å². The summed E-state index contributed by atoms with van der Waals surface area (Å²) in [6, 6.07) is 12.3. The minimum atomic E-state index is -0.872. The van der Waals surface area contributed by atoms with E-state index in [9.17, 15) is 9.59 Å². The number of Topliss-reactive ketones (excluding diaryl/α,β-unsaturated/α-hetero) is 1. The number of nitrogens with zero attached hydrogens (tertiary/aromatic N) is 1. The number of nitrogens with one attached hydrogen (secondary N) is 1. The van der Waals surface area contributed by atoms with E-state index in [0.29, 0.717) is 24.0 Å². The molecular weight excluding hydrogens is 326 g/mol. The van der Waals surface area contributed by atoms with E-state index >= 15 is 0 Å². The number of amides is 1. The number of ketones is 1. The van der Waals surface area contributed by atoms with Gasteiger partial charge < -0.3 is 11.1 Å². The van der Waals surface area contributed by atoms with Crippen molar-refractivity contribution < 1.29 is 9.59 Å². The third kappa shape index (κ3) is 3.47. The monoisotopic (exact) mass is 349 g/mol. The zero-order valence-electron chi connectivity index (χ0n) is 14.9. The second-order valence-corrected chi connectivity index (χ2v) is 7.14. The molecule has 1 amide bonds. The normalized spacial score (nSPS) is 17.3. The molecule has 1 atom stereocenters. The zero-order chi connectivity index (χ0) is 18.7. The third-order valence-electron chi connectivity index (χ3n) is 5.15. The number of hydrogen-bond acceptors (Lipinski definition) is 4. The highest BCUT2D eigenvalue weighted by atomic mass is 16.2. The number of carbonyl (C=O) groups excluding carboxylic acids is 2. The van der Waals surface area contributed by atoms with Crippen LogP contribution in [0.15, 0.2) is 36.4 Å². The Labute approximate surface area is 153 Å². The number of rotatable bonds is 4. The lowest BCUT2D eigenvalue weighted by atomic mass is 9.76. The smallest absolute Gasteiger partial charge is 0.237 e. The number of benzene rings is 2. The summed E-state index contributed by atoms with van der Waals surface area (Å²) in [6.45, 7) is 1.62. The molecule has 5 nitrogen and oxygen atoms in total. The number of nitrogens with two attached hydrogens (primary N) is 1. The van der Waals surface area contributed by atoms with Crippen molar-refractivity contribution in [1.82, 2.24) is 5.32 Å². The molecule has 2 aromatic rings. The van der Waals surface area contributed by atoms with Crippen molar-refractivity contribution in [3.8, 4) is 6.07 Å². The first-order valence-electron chi connectivity index (χ1n) is 9.01. The zero-order valence-corrected chi connectivity index (χ0v) is 14.9. The Hall–Kier alpha value is -2.71. The van der Waals surface area contributed by atoms with Crippen LogP contribution in [0.4, 0.5) is 0 Å². The SMILES string of the molecule is C[C@H](N)C(=O)NC1(C(=O)c2ccc3cc(C#N)ccc3c2)CCCCC1. The summed E-state index contributed by atoms with van der Waals surface area (Å²) in [5.41, 5.74) is 6.00. The predicted octanol–water partition coefficient (Wildman–Crippen LogP) is 3.06. The number of nitriles is 1. The lowest BCUT2D eigenvalue weighted by molar-refractivity contribution is -0.123. The molecule has 134 valence electrons. The van der Waals surface area contributed by atoms with Crippen LogP contribution in [0.5, 0.6) is 0 Å². The van der Waals surface area contributed by atoms with E-state index in [1.54, 1.807) is 25.1 Å². The molecule has 0 radical (unpaired) electrons. The van der Waals surface area contributed by atoms with Gasteiger partial charge in [-0.15, -0.1) is 0 Å². The molecule has 1 aliphatic rings. The van der Waals surface area contributed by atoms with Crippen LogP contribution in [0, 0.1) is 11.3 Å². The topological polar surface area (TPSA) is 96.0 Å². The van der Waals surface area contributed by atoms with Gasteiger partial charge in [-0.25, -0.2) is 0 Å². The van der Waals surface area contributed by atoms with Crippen LogP contribution in [-0.4, -0.2) is 23.3 Å². The lowest BCUT2D eigenvalue weighted by Gasteiger charge is -2.37. The molecule has 2 aromatic carbocycles. The van der Waals surface area contributed by atoms with Gasteiger partial charge in [0.05, 0.1) is 17.7 Å². The van der Waals surface area contributed by atoms with Crippen molar-refractivity contribution in [2.75, 3.05) is 0 Å². The van der Waals surface area contributed by atoms with E-state index in [1.807, 2.05) is 18.2 Å². The first kappa shape index (κ1) is 18.1. The summed E-state index contributed by atoms with van der Waals surface area (Å²) in [4.78, 5) is 25.6. The Morgan fingerprint density at radius 3 is 2.42 bits per heavy atom. The van der Waals surface area contributed by atoms with Crippen LogP contribution in [0.25, 0.3) is 10.8 Å². The Morgan fingerprint density at radius 2 is 1.77 bits per heavy atom. The van der Waals surface area contributed by atoms with Crippen LogP contribution in [0.1, 0.15) is 54.9 Å². The maximum atomic E-state index is 13.3. The summed E-state index contributed by atoms with van der Waals surface area (Å²) < 4.78 is 0. The lowest BCUT2D eigenvalue weighted by Crippen LogP contribution is -2.58. The predicted molar refractivity (Wildman–Crippen MR) is 101 cm³/mol. The molecule has 0 aromatic heterocycles. The van der Waals surface area contributed by atoms with E-state index < -0.39 is 11.6 Å². The molecule has 0 saturated heterocycles. The van der Waals surface area contributed by atoms with Gasteiger partial charge in [0.25, 0.3) is 0 Å². The van der Waals surface area contributed by atoms with Crippen molar-refractivity contribution in [1.29, 1.82) is 5.26 Å². The molecule has 0 bridgehead atoms. The fourth-order valence-corrected chi connectivity index (χ4v) is 3.65. The Balaban J connectivity index is 1.97. The van der Waals surface area contributed by atoms with Gasteiger partial charge in [-0.05, 0) is 48.7 Å². The van der Waals surface area contributed by atoms with E-state index in [4.69, 9.17) is 11.0 Å². The molecule has 0 unspecified atom stereocenters. The first-order chi connectivity index (χ1) is 12.4. The van der Waals surface area contributed by atoms with Crippen LogP contribution >= 0.6 is 0 Å². The van der Waals surface area contributed by atoms with Gasteiger partial charge in [0.15, 0.2) is 5.78 Å². The largest absolute Gasteiger partial charge is 0.342 e. The van der Waals surface area contributed by atoms with Crippen molar-refractivity contribution in [3.63, 3.8) is 0 Å². The quantitative estimate of drug-likeness (QED) is 0.829. The van der Waals surface area contributed by atoms with Crippen molar-refractivity contribution in [3.05, 3.63) is 47.5 Å². The minimum absolute atomic E-state index is 0.0579. The third-order valence-corrected chi connectivity index (χ3v) is 5.15. The van der Waals surface area contributed by atoms with Gasteiger partial charge in [0.1, 0.15) is 5.54 Å². The molecule has 5 heteroatoms. The summed E-state index contributed by atoms with van der Waals surface area (Å²) in [6.07, 6.45) is 4.15. The van der Waals surface area contributed by atoms with E-state index in [-0.39, 0.29) is 11.7 Å². The first-order valence-corrected chi connectivity index (χ1v) is 9.01.